The molecule has 0 aromatic heterocycles. The summed E-state index contributed by atoms with van der Waals surface area (Å²) in [5.41, 5.74) is 0.293. The molecule has 20 heavy (non-hydrogen) atoms. The van der Waals surface area contributed by atoms with Crippen LogP contribution in [0.4, 0.5) is 0 Å². The highest BCUT2D eigenvalue weighted by Crippen LogP contribution is 2.44. The standard InChI is InChI=1S/C17H32N2O/c1-2-10-18-14-16-6-3-4-11-19(16)15-7-12-20-17(13-15)8-5-9-17/h15-16,18H,2-14H2,1H3. The van der Waals surface area contributed by atoms with E-state index in [-0.39, 0.29) is 0 Å². The van der Waals surface area contributed by atoms with Crippen LogP contribution in [0.2, 0.25) is 0 Å². The third kappa shape index (κ3) is 3.20. The molecule has 0 aromatic carbocycles. The molecule has 1 spiro atoms. The summed E-state index contributed by atoms with van der Waals surface area (Å²) < 4.78 is 6.11. The maximum atomic E-state index is 6.11. The van der Waals surface area contributed by atoms with E-state index < -0.39 is 0 Å². The second-order valence-electron chi connectivity index (χ2n) is 7.12. The van der Waals surface area contributed by atoms with Gasteiger partial charge in [-0.15, -0.1) is 0 Å². The maximum absolute atomic E-state index is 6.11. The van der Waals surface area contributed by atoms with Gasteiger partial charge in [0.2, 0.25) is 0 Å². The second kappa shape index (κ2) is 6.76. The van der Waals surface area contributed by atoms with Crippen molar-refractivity contribution in [2.24, 2.45) is 0 Å². The highest BCUT2D eigenvalue weighted by Gasteiger charge is 2.44. The molecule has 0 aromatic rings. The van der Waals surface area contributed by atoms with Crippen molar-refractivity contribution in [2.45, 2.75) is 82.4 Å². The minimum atomic E-state index is 0.293. The van der Waals surface area contributed by atoms with Crippen LogP contribution in [-0.2, 0) is 4.74 Å². The number of rotatable bonds is 5. The number of hydrogen-bond donors (Lipinski definition) is 1. The van der Waals surface area contributed by atoms with Gasteiger partial charge in [-0.1, -0.05) is 13.3 Å². The number of likely N-dealkylation sites (tertiary alicyclic amines) is 1. The van der Waals surface area contributed by atoms with Gasteiger partial charge >= 0.3 is 0 Å². The summed E-state index contributed by atoms with van der Waals surface area (Å²) in [6.45, 7) is 6.93. The number of nitrogens with zero attached hydrogens (tertiary/aromatic N) is 1. The molecule has 0 bridgehead atoms. The summed E-state index contributed by atoms with van der Waals surface area (Å²) in [5.74, 6) is 0. The molecule has 1 aliphatic carbocycles. The van der Waals surface area contributed by atoms with Crippen LogP contribution in [0, 0.1) is 0 Å². The van der Waals surface area contributed by atoms with Gasteiger partial charge in [-0.05, 0) is 64.5 Å². The Labute approximate surface area is 124 Å². The molecule has 3 nitrogen and oxygen atoms in total. The normalized spacial score (nSPS) is 34.0. The van der Waals surface area contributed by atoms with Crippen LogP contribution in [0.3, 0.4) is 0 Å². The third-order valence-electron chi connectivity index (χ3n) is 5.68. The third-order valence-corrected chi connectivity index (χ3v) is 5.68. The Morgan fingerprint density at radius 1 is 1.20 bits per heavy atom. The minimum absolute atomic E-state index is 0.293. The molecule has 1 N–H and O–H groups in total. The van der Waals surface area contributed by atoms with Crippen LogP contribution in [0.1, 0.15) is 64.7 Å². The first-order valence-corrected chi connectivity index (χ1v) is 8.93. The van der Waals surface area contributed by atoms with Crippen molar-refractivity contribution in [1.29, 1.82) is 0 Å². The molecular formula is C17H32N2O. The topological polar surface area (TPSA) is 24.5 Å². The summed E-state index contributed by atoms with van der Waals surface area (Å²) in [7, 11) is 0. The van der Waals surface area contributed by atoms with Gasteiger partial charge in [0.15, 0.2) is 0 Å². The fourth-order valence-electron chi connectivity index (χ4n) is 4.37. The van der Waals surface area contributed by atoms with Crippen LogP contribution in [0.15, 0.2) is 0 Å². The first-order valence-electron chi connectivity index (χ1n) is 8.93. The molecule has 1 saturated carbocycles. The maximum Gasteiger partial charge on any atom is 0.0697 e. The predicted octanol–water partition coefficient (Wildman–Crippen LogP) is 2.94. The zero-order valence-electron chi connectivity index (χ0n) is 13.2. The number of ether oxygens (including phenoxy) is 1. The fraction of sp³-hybridized carbons (Fsp3) is 1.00. The minimum Gasteiger partial charge on any atom is -0.375 e. The van der Waals surface area contributed by atoms with Crippen LogP contribution in [-0.4, -0.2) is 48.8 Å². The summed E-state index contributed by atoms with van der Waals surface area (Å²) in [6, 6.07) is 1.56. The van der Waals surface area contributed by atoms with E-state index in [1.165, 1.54) is 77.4 Å². The van der Waals surface area contributed by atoms with Gasteiger partial charge in [0.25, 0.3) is 0 Å². The molecule has 3 rings (SSSR count). The lowest BCUT2D eigenvalue weighted by Gasteiger charge is -2.52. The number of nitrogens with one attached hydrogen (secondary N) is 1. The first-order chi connectivity index (χ1) is 9.83. The fourth-order valence-corrected chi connectivity index (χ4v) is 4.37. The molecule has 3 fully saturated rings. The summed E-state index contributed by atoms with van der Waals surface area (Å²) in [6.07, 6.45) is 12.0. The van der Waals surface area contributed by atoms with Crippen molar-refractivity contribution in [2.75, 3.05) is 26.2 Å². The Kier molecular flexibility index (Phi) is 5.00. The molecular weight excluding hydrogens is 248 g/mol. The molecule has 0 amide bonds. The first kappa shape index (κ1) is 14.8. The highest BCUT2D eigenvalue weighted by molar-refractivity contribution is 4.98. The lowest BCUT2D eigenvalue weighted by atomic mass is 9.73. The van der Waals surface area contributed by atoms with Gasteiger partial charge in [-0.25, -0.2) is 0 Å². The van der Waals surface area contributed by atoms with Crippen molar-refractivity contribution in [3.63, 3.8) is 0 Å². The van der Waals surface area contributed by atoms with Crippen molar-refractivity contribution in [3.05, 3.63) is 0 Å². The van der Waals surface area contributed by atoms with Crippen LogP contribution < -0.4 is 5.32 Å². The average Bonchev–Trinajstić information content (AvgIpc) is 2.47. The van der Waals surface area contributed by atoms with Gasteiger partial charge in [0.1, 0.15) is 0 Å². The van der Waals surface area contributed by atoms with E-state index in [0.717, 1.165) is 18.7 Å². The molecule has 2 heterocycles. The Morgan fingerprint density at radius 2 is 2.10 bits per heavy atom. The lowest BCUT2D eigenvalue weighted by molar-refractivity contribution is -0.153. The Hall–Kier alpha value is -0.120. The Balaban J connectivity index is 1.57. The molecule has 0 radical (unpaired) electrons. The van der Waals surface area contributed by atoms with Crippen LogP contribution >= 0.6 is 0 Å². The average molecular weight is 280 g/mol. The highest BCUT2D eigenvalue weighted by atomic mass is 16.5. The molecule has 3 aliphatic rings. The molecule has 3 heteroatoms. The van der Waals surface area contributed by atoms with Crippen LogP contribution in [0.5, 0.6) is 0 Å². The number of hydrogen-bond acceptors (Lipinski definition) is 3. The van der Waals surface area contributed by atoms with Gasteiger partial charge in [0.05, 0.1) is 5.60 Å². The Morgan fingerprint density at radius 3 is 2.85 bits per heavy atom. The van der Waals surface area contributed by atoms with E-state index in [9.17, 15) is 0 Å². The molecule has 2 atom stereocenters. The smallest absolute Gasteiger partial charge is 0.0697 e. The van der Waals surface area contributed by atoms with E-state index in [1.807, 2.05) is 0 Å². The van der Waals surface area contributed by atoms with Gasteiger partial charge in [-0.3, -0.25) is 4.90 Å². The summed E-state index contributed by atoms with van der Waals surface area (Å²) >= 11 is 0. The Bertz CT molecular complexity index is 303. The zero-order chi connectivity index (χ0) is 13.8. The summed E-state index contributed by atoms with van der Waals surface area (Å²) in [4.78, 5) is 2.84. The van der Waals surface area contributed by atoms with Gasteiger partial charge in [0, 0.05) is 25.2 Å². The zero-order valence-corrected chi connectivity index (χ0v) is 13.2. The SMILES string of the molecule is CCCNCC1CCCCN1C1CCOC2(CCC2)C1. The van der Waals surface area contributed by atoms with Crippen molar-refractivity contribution < 1.29 is 4.74 Å². The summed E-state index contributed by atoms with van der Waals surface area (Å²) in [5, 5.41) is 3.65. The lowest BCUT2D eigenvalue weighted by Crippen LogP contribution is -2.57. The molecule has 2 aliphatic heterocycles. The predicted molar refractivity (Wildman–Crippen MR) is 83.1 cm³/mol. The van der Waals surface area contributed by atoms with E-state index in [4.69, 9.17) is 4.74 Å². The van der Waals surface area contributed by atoms with Crippen LogP contribution in [0.25, 0.3) is 0 Å². The molecule has 116 valence electrons. The molecule has 2 saturated heterocycles. The second-order valence-corrected chi connectivity index (χ2v) is 7.12. The largest absolute Gasteiger partial charge is 0.375 e. The van der Waals surface area contributed by atoms with Gasteiger partial charge in [-0.2, -0.15) is 0 Å². The molecule has 2 unspecified atom stereocenters. The van der Waals surface area contributed by atoms with Crippen molar-refractivity contribution in [1.82, 2.24) is 10.2 Å². The quantitative estimate of drug-likeness (QED) is 0.784. The van der Waals surface area contributed by atoms with Crippen molar-refractivity contribution >= 4 is 0 Å². The van der Waals surface area contributed by atoms with E-state index >= 15 is 0 Å². The van der Waals surface area contributed by atoms with Gasteiger partial charge < -0.3 is 10.1 Å². The van der Waals surface area contributed by atoms with Crippen molar-refractivity contribution in [3.8, 4) is 0 Å². The monoisotopic (exact) mass is 280 g/mol. The van der Waals surface area contributed by atoms with E-state index in [2.05, 4.69) is 17.1 Å². The van der Waals surface area contributed by atoms with E-state index in [1.54, 1.807) is 0 Å². The van der Waals surface area contributed by atoms with E-state index in [0.29, 0.717) is 5.60 Å². The number of piperidine rings is 1.